The monoisotopic (exact) mass is 299 g/mol. The molecule has 0 saturated carbocycles. The fourth-order valence-corrected chi connectivity index (χ4v) is 2.55. The van der Waals surface area contributed by atoms with Crippen molar-refractivity contribution in [2.75, 3.05) is 6.61 Å². The van der Waals surface area contributed by atoms with Gasteiger partial charge >= 0.3 is 5.97 Å². The molecule has 19 heavy (non-hydrogen) atoms. The van der Waals surface area contributed by atoms with Crippen LogP contribution in [0.15, 0.2) is 23.6 Å². The number of thiazole rings is 1. The van der Waals surface area contributed by atoms with Crippen LogP contribution in [0.5, 0.6) is 0 Å². The lowest BCUT2D eigenvalue weighted by molar-refractivity contribution is -0.142. The second kappa shape index (κ2) is 6.12. The Kier molecular flexibility index (Phi) is 4.50. The van der Waals surface area contributed by atoms with Gasteiger partial charge in [-0.2, -0.15) is 0 Å². The molecular weight excluding hydrogens is 289 g/mol. The average Bonchev–Trinajstić information content (AvgIpc) is 2.81. The van der Waals surface area contributed by atoms with Crippen LogP contribution in [0.25, 0.3) is 10.6 Å². The summed E-state index contributed by atoms with van der Waals surface area (Å²) in [5.74, 6) is -0.841. The predicted molar refractivity (Wildman–Crippen MR) is 72.9 cm³/mol. The van der Waals surface area contributed by atoms with E-state index in [9.17, 15) is 9.18 Å². The summed E-state index contributed by atoms with van der Waals surface area (Å²) in [6, 6.07) is 4.74. The largest absolute Gasteiger partial charge is 0.466 e. The first-order valence-corrected chi connectivity index (χ1v) is 6.92. The van der Waals surface area contributed by atoms with Crippen LogP contribution in [0.4, 0.5) is 4.39 Å². The van der Waals surface area contributed by atoms with E-state index in [2.05, 4.69) is 4.98 Å². The van der Waals surface area contributed by atoms with Crippen LogP contribution in [-0.4, -0.2) is 17.6 Å². The zero-order chi connectivity index (χ0) is 13.8. The minimum atomic E-state index is -0.499. The molecule has 100 valence electrons. The lowest BCUT2D eigenvalue weighted by Gasteiger charge is -2.00. The summed E-state index contributed by atoms with van der Waals surface area (Å²) >= 11 is 6.99. The Bertz CT molecular complexity index is 600. The molecule has 0 aliphatic carbocycles. The number of carbonyl (C=O) groups is 1. The van der Waals surface area contributed by atoms with Crippen LogP contribution in [0.1, 0.15) is 12.6 Å². The zero-order valence-corrected chi connectivity index (χ0v) is 11.7. The Morgan fingerprint density at radius 2 is 2.32 bits per heavy atom. The highest BCUT2D eigenvalue weighted by atomic mass is 35.5. The number of hydrogen-bond acceptors (Lipinski definition) is 4. The van der Waals surface area contributed by atoms with Gasteiger partial charge in [0.1, 0.15) is 5.01 Å². The van der Waals surface area contributed by atoms with E-state index in [1.807, 2.05) is 0 Å². The van der Waals surface area contributed by atoms with E-state index in [1.165, 1.54) is 17.4 Å². The van der Waals surface area contributed by atoms with Gasteiger partial charge in [0.2, 0.25) is 0 Å². The molecule has 1 aromatic heterocycles. The van der Waals surface area contributed by atoms with Crippen molar-refractivity contribution in [3.05, 3.63) is 40.1 Å². The third kappa shape index (κ3) is 3.30. The molecule has 0 unspecified atom stereocenters. The number of benzene rings is 1. The van der Waals surface area contributed by atoms with Crippen molar-refractivity contribution in [1.82, 2.24) is 4.98 Å². The van der Waals surface area contributed by atoms with E-state index in [-0.39, 0.29) is 17.4 Å². The zero-order valence-electron chi connectivity index (χ0n) is 10.2. The normalized spacial score (nSPS) is 10.5. The van der Waals surface area contributed by atoms with Crippen molar-refractivity contribution < 1.29 is 13.9 Å². The molecule has 0 bridgehead atoms. The highest BCUT2D eigenvalue weighted by molar-refractivity contribution is 7.13. The molecule has 1 heterocycles. The van der Waals surface area contributed by atoms with Crippen molar-refractivity contribution in [3.8, 4) is 10.6 Å². The summed E-state index contributed by atoms with van der Waals surface area (Å²) in [5, 5.41) is 2.27. The van der Waals surface area contributed by atoms with Crippen molar-refractivity contribution in [3.63, 3.8) is 0 Å². The summed E-state index contributed by atoms with van der Waals surface area (Å²) in [4.78, 5) is 15.6. The molecule has 0 aliphatic rings. The average molecular weight is 300 g/mol. The lowest BCUT2D eigenvalue weighted by atomic mass is 10.2. The van der Waals surface area contributed by atoms with Crippen molar-refractivity contribution in [2.45, 2.75) is 13.3 Å². The molecule has 1 aromatic carbocycles. The van der Waals surface area contributed by atoms with Crippen molar-refractivity contribution >= 4 is 28.9 Å². The Labute approximate surface area is 119 Å². The van der Waals surface area contributed by atoms with Gasteiger partial charge in [0.25, 0.3) is 0 Å². The molecule has 2 aromatic rings. The number of nitrogens with zero attached hydrogens (tertiary/aromatic N) is 1. The number of ether oxygens (including phenoxy) is 1. The van der Waals surface area contributed by atoms with Crippen LogP contribution in [0, 0.1) is 5.82 Å². The highest BCUT2D eigenvalue weighted by Gasteiger charge is 2.13. The molecule has 0 atom stereocenters. The summed E-state index contributed by atoms with van der Waals surface area (Å²) in [6.45, 7) is 2.07. The van der Waals surface area contributed by atoms with E-state index in [4.69, 9.17) is 16.3 Å². The fourth-order valence-electron chi connectivity index (χ4n) is 1.54. The standard InChI is InChI=1S/C13H11ClFNO2S/c1-2-18-11(17)6-8-7-19-13(16-8)9-4-3-5-10(14)12(9)15/h3-5,7H,2,6H2,1H3. The van der Waals surface area contributed by atoms with E-state index in [0.717, 1.165) is 0 Å². The second-order valence-electron chi connectivity index (χ2n) is 3.73. The molecule has 0 aliphatic heterocycles. The fraction of sp³-hybridized carbons (Fsp3) is 0.231. The Hall–Kier alpha value is -1.46. The summed E-state index contributed by atoms with van der Waals surface area (Å²) in [5.41, 5.74) is 0.908. The molecule has 0 spiro atoms. The van der Waals surface area contributed by atoms with Gasteiger partial charge < -0.3 is 4.74 Å². The van der Waals surface area contributed by atoms with Crippen molar-refractivity contribution in [2.24, 2.45) is 0 Å². The topological polar surface area (TPSA) is 39.2 Å². The summed E-state index contributed by atoms with van der Waals surface area (Å²) in [7, 11) is 0. The van der Waals surface area contributed by atoms with E-state index in [0.29, 0.717) is 22.9 Å². The Balaban J connectivity index is 2.21. The van der Waals surface area contributed by atoms with E-state index in [1.54, 1.807) is 24.4 Å². The molecule has 0 saturated heterocycles. The second-order valence-corrected chi connectivity index (χ2v) is 4.99. The number of esters is 1. The third-order valence-electron chi connectivity index (χ3n) is 2.36. The number of rotatable bonds is 4. The summed E-state index contributed by atoms with van der Waals surface area (Å²) in [6.07, 6.45) is 0.0898. The van der Waals surface area contributed by atoms with Crippen LogP contribution in [0.3, 0.4) is 0 Å². The SMILES string of the molecule is CCOC(=O)Cc1csc(-c2cccc(Cl)c2F)n1. The molecule has 3 nitrogen and oxygen atoms in total. The first-order chi connectivity index (χ1) is 9.11. The van der Waals surface area contributed by atoms with Gasteiger partial charge in [-0.1, -0.05) is 17.7 Å². The van der Waals surface area contributed by atoms with Crippen molar-refractivity contribution in [1.29, 1.82) is 0 Å². The van der Waals surface area contributed by atoms with Crippen LogP contribution in [-0.2, 0) is 16.0 Å². The van der Waals surface area contributed by atoms with Crippen LogP contribution >= 0.6 is 22.9 Å². The van der Waals surface area contributed by atoms with E-state index >= 15 is 0 Å². The number of carbonyl (C=O) groups excluding carboxylic acids is 1. The Morgan fingerprint density at radius 1 is 1.53 bits per heavy atom. The van der Waals surface area contributed by atoms with Gasteiger partial charge in [-0.15, -0.1) is 11.3 Å². The molecule has 0 fully saturated rings. The molecule has 0 amide bonds. The minimum Gasteiger partial charge on any atom is -0.466 e. The third-order valence-corrected chi connectivity index (χ3v) is 3.58. The van der Waals surface area contributed by atoms with Gasteiger partial charge in [-0.25, -0.2) is 9.37 Å². The number of aromatic nitrogens is 1. The first kappa shape index (κ1) is 14.0. The maximum atomic E-state index is 13.8. The summed E-state index contributed by atoms with van der Waals surface area (Å²) < 4.78 is 18.7. The first-order valence-electron chi connectivity index (χ1n) is 5.66. The highest BCUT2D eigenvalue weighted by Crippen LogP contribution is 2.29. The van der Waals surface area contributed by atoms with Gasteiger partial charge in [-0.3, -0.25) is 4.79 Å². The molecule has 0 N–H and O–H groups in total. The Morgan fingerprint density at radius 3 is 3.05 bits per heavy atom. The van der Waals surface area contributed by atoms with Gasteiger partial charge in [0.05, 0.1) is 23.7 Å². The number of halogens is 2. The van der Waals surface area contributed by atoms with Gasteiger partial charge in [0.15, 0.2) is 5.82 Å². The quantitative estimate of drug-likeness (QED) is 0.808. The van der Waals surface area contributed by atoms with Gasteiger partial charge in [0, 0.05) is 10.9 Å². The van der Waals surface area contributed by atoms with Gasteiger partial charge in [-0.05, 0) is 19.1 Å². The minimum absolute atomic E-state index is 0.0552. The maximum absolute atomic E-state index is 13.8. The predicted octanol–water partition coefficient (Wildman–Crippen LogP) is 3.71. The van der Waals surface area contributed by atoms with Crippen LogP contribution < -0.4 is 0 Å². The molecule has 0 radical (unpaired) electrons. The maximum Gasteiger partial charge on any atom is 0.311 e. The lowest BCUT2D eigenvalue weighted by Crippen LogP contribution is -2.07. The van der Waals surface area contributed by atoms with E-state index < -0.39 is 5.82 Å². The molecule has 2 rings (SSSR count). The smallest absolute Gasteiger partial charge is 0.311 e. The number of hydrogen-bond donors (Lipinski definition) is 0. The van der Waals surface area contributed by atoms with Crippen LogP contribution in [0.2, 0.25) is 5.02 Å². The molecular formula is C13H11ClFNO2S. The molecule has 6 heteroatoms.